The number of halogens is 1. The van der Waals surface area contributed by atoms with Gasteiger partial charge in [0.1, 0.15) is 18.0 Å². The third-order valence-electron chi connectivity index (χ3n) is 5.61. The maximum atomic E-state index is 13.6. The van der Waals surface area contributed by atoms with Gasteiger partial charge in [-0.2, -0.15) is 0 Å². The molecule has 0 saturated carbocycles. The average Bonchev–Trinajstić information content (AvgIpc) is 2.83. The number of carbonyl (C=O) groups excluding carboxylic acids is 1. The molecule has 0 radical (unpaired) electrons. The molecule has 0 bridgehead atoms. The van der Waals surface area contributed by atoms with E-state index in [0.717, 1.165) is 5.39 Å². The number of carboxylic acids is 1. The van der Waals surface area contributed by atoms with Crippen molar-refractivity contribution in [3.05, 3.63) is 70.7 Å². The van der Waals surface area contributed by atoms with Crippen LogP contribution in [-0.2, 0) is 14.3 Å². The smallest absolute Gasteiger partial charge is 0.306 e. The Morgan fingerprint density at radius 2 is 1.76 bits per heavy atom. The number of aliphatic carboxylic acids is 1. The van der Waals surface area contributed by atoms with Crippen LogP contribution in [0.25, 0.3) is 10.8 Å². The van der Waals surface area contributed by atoms with E-state index in [-0.39, 0.29) is 11.2 Å². The van der Waals surface area contributed by atoms with Gasteiger partial charge in [-0.05, 0) is 40.6 Å². The monoisotopic (exact) mass is 467 g/mol. The van der Waals surface area contributed by atoms with Crippen molar-refractivity contribution >= 4 is 39.9 Å². The summed E-state index contributed by atoms with van der Waals surface area (Å²) in [6, 6.07) is 15.9. The molecule has 0 spiro atoms. The number of rotatable bonds is 4. The minimum Gasteiger partial charge on any atom is -0.507 e. The first-order chi connectivity index (χ1) is 15.5. The molecule has 0 saturated heterocycles. The zero-order valence-electron chi connectivity index (χ0n) is 18.7. The van der Waals surface area contributed by atoms with E-state index in [1.165, 1.54) is 0 Å². The van der Waals surface area contributed by atoms with Gasteiger partial charge in [-0.3, -0.25) is 9.59 Å². The Balaban J connectivity index is 1.97. The molecule has 6 nitrogen and oxygen atoms in total. The molecule has 1 heterocycles. The van der Waals surface area contributed by atoms with Gasteiger partial charge in [0.15, 0.2) is 0 Å². The molecular formula is C26H26ClNO5. The number of ether oxygens (including phenoxy) is 1. The van der Waals surface area contributed by atoms with Crippen LogP contribution >= 0.6 is 11.6 Å². The first-order valence-corrected chi connectivity index (χ1v) is 11.1. The largest absolute Gasteiger partial charge is 0.507 e. The second-order valence-corrected chi connectivity index (χ2v) is 9.95. The van der Waals surface area contributed by atoms with Crippen LogP contribution in [0.3, 0.4) is 0 Å². The zero-order valence-corrected chi connectivity index (χ0v) is 19.5. The molecule has 1 amide bonds. The third kappa shape index (κ3) is 4.68. The number of amides is 1. The number of hydrogen-bond donors (Lipinski definition) is 2. The molecule has 0 fully saturated rings. The van der Waals surface area contributed by atoms with E-state index in [1.54, 1.807) is 41.3 Å². The minimum absolute atomic E-state index is 0.127. The second kappa shape index (κ2) is 8.69. The number of carboxylic acid groups (broad SMARTS) is 1. The molecule has 33 heavy (non-hydrogen) atoms. The summed E-state index contributed by atoms with van der Waals surface area (Å²) in [4.78, 5) is 26.8. The number of nitrogens with zero attached hydrogens (tertiary/aromatic N) is 1. The maximum absolute atomic E-state index is 13.6. The lowest BCUT2D eigenvalue weighted by molar-refractivity contribution is -0.147. The van der Waals surface area contributed by atoms with Crippen molar-refractivity contribution in [3.8, 4) is 5.75 Å². The number of phenols is 1. The lowest BCUT2D eigenvalue weighted by Gasteiger charge is -2.31. The average molecular weight is 468 g/mol. The van der Waals surface area contributed by atoms with E-state index >= 15 is 0 Å². The van der Waals surface area contributed by atoms with Crippen molar-refractivity contribution in [2.75, 3.05) is 11.4 Å². The number of fused-ring (bicyclic) bond motifs is 2. The molecule has 0 aliphatic carbocycles. The van der Waals surface area contributed by atoms with Gasteiger partial charge in [0.05, 0.1) is 6.42 Å². The summed E-state index contributed by atoms with van der Waals surface area (Å²) in [6.07, 6.45) is -2.41. The van der Waals surface area contributed by atoms with E-state index in [0.29, 0.717) is 33.8 Å². The van der Waals surface area contributed by atoms with E-state index < -0.39 is 30.5 Å². The van der Waals surface area contributed by atoms with E-state index in [2.05, 4.69) is 0 Å². The van der Waals surface area contributed by atoms with Gasteiger partial charge in [-0.15, -0.1) is 0 Å². The molecule has 2 atom stereocenters. The molecule has 172 valence electrons. The topological polar surface area (TPSA) is 87.1 Å². The van der Waals surface area contributed by atoms with Gasteiger partial charge in [-0.25, -0.2) is 0 Å². The summed E-state index contributed by atoms with van der Waals surface area (Å²) in [7, 11) is 0. The Morgan fingerprint density at radius 3 is 2.42 bits per heavy atom. The fraction of sp³-hybridized carbons (Fsp3) is 0.308. The molecular weight excluding hydrogens is 442 g/mol. The Hall–Kier alpha value is -3.09. The summed E-state index contributed by atoms with van der Waals surface area (Å²) in [6.45, 7) is 6.42. The molecule has 1 aliphatic rings. The van der Waals surface area contributed by atoms with Gasteiger partial charge in [0.25, 0.3) is 5.91 Å². The molecule has 7 heteroatoms. The number of hydrogen-bond acceptors (Lipinski definition) is 4. The quantitative estimate of drug-likeness (QED) is 0.526. The Kier molecular flexibility index (Phi) is 6.08. The van der Waals surface area contributed by atoms with Crippen LogP contribution in [0.4, 0.5) is 5.69 Å². The summed E-state index contributed by atoms with van der Waals surface area (Å²) < 4.78 is 6.28. The number of aromatic hydroxyl groups is 1. The van der Waals surface area contributed by atoms with Crippen molar-refractivity contribution < 1.29 is 24.5 Å². The highest BCUT2D eigenvalue weighted by Gasteiger charge is 2.39. The normalized spacial score (nSPS) is 18.8. The fourth-order valence-electron chi connectivity index (χ4n) is 4.28. The molecule has 4 rings (SSSR count). The van der Waals surface area contributed by atoms with Crippen molar-refractivity contribution in [1.82, 2.24) is 0 Å². The molecule has 3 aromatic rings. The first kappa shape index (κ1) is 23.1. The van der Waals surface area contributed by atoms with Crippen LogP contribution in [-0.4, -0.2) is 34.7 Å². The van der Waals surface area contributed by atoms with Crippen LogP contribution in [0.1, 0.15) is 44.4 Å². The van der Waals surface area contributed by atoms with Crippen LogP contribution in [0.15, 0.2) is 54.6 Å². The molecule has 0 unspecified atom stereocenters. The van der Waals surface area contributed by atoms with Crippen LogP contribution in [0.5, 0.6) is 5.75 Å². The zero-order chi connectivity index (χ0) is 23.9. The van der Waals surface area contributed by atoms with Crippen molar-refractivity contribution in [3.63, 3.8) is 0 Å². The Morgan fingerprint density at radius 1 is 1.06 bits per heavy atom. The van der Waals surface area contributed by atoms with Crippen molar-refractivity contribution in [2.45, 2.75) is 39.4 Å². The van der Waals surface area contributed by atoms with Crippen LogP contribution < -0.4 is 4.90 Å². The van der Waals surface area contributed by atoms with Crippen molar-refractivity contribution in [1.29, 1.82) is 0 Å². The van der Waals surface area contributed by atoms with Gasteiger partial charge >= 0.3 is 5.97 Å². The van der Waals surface area contributed by atoms with E-state index in [4.69, 9.17) is 16.3 Å². The van der Waals surface area contributed by atoms with Gasteiger partial charge in [-0.1, -0.05) is 62.7 Å². The minimum atomic E-state index is -1.19. The SMILES string of the molecule is CC(C)(C)CN1C(=O)[C@@H](CC(=O)O)O[C@H](c2ccc(O)c3ccccc23)c2cc(Cl)ccc21. The van der Waals surface area contributed by atoms with E-state index in [9.17, 15) is 19.8 Å². The van der Waals surface area contributed by atoms with Crippen LogP contribution in [0, 0.1) is 5.41 Å². The summed E-state index contributed by atoms with van der Waals surface area (Å²) >= 11 is 6.37. The second-order valence-electron chi connectivity index (χ2n) is 9.51. The number of carbonyl (C=O) groups is 2. The molecule has 0 aromatic heterocycles. The summed E-state index contributed by atoms with van der Waals surface area (Å²) in [5.74, 6) is -1.40. The summed E-state index contributed by atoms with van der Waals surface area (Å²) in [5.41, 5.74) is 1.77. The fourth-order valence-corrected chi connectivity index (χ4v) is 4.46. The predicted octanol–water partition coefficient (Wildman–Crippen LogP) is 5.54. The maximum Gasteiger partial charge on any atom is 0.306 e. The highest BCUT2D eigenvalue weighted by Crippen LogP contribution is 2.43. The van der Waals surface area contributed by atoms with Gasteiger partial charge < -0.3 is 19.8 Å². The number of anilines is 1. The Bertz CT molecular complexity index is 1230. The van der Waals surface area contributed by atoms with Gasteiger partial charge in [0.2, 0.25) is 0 Å². The molecule has 3 aromatic carbocycles. The lowest BCUT2D eigenvalue weighted by Crippen LogP contribution is -2.44. The highest BCUT2D eigenvalue weighted by molar-refractivity contribution is 6.30. The Labute approximate surface area is 197 Å². The highest BCUT2D eigenvalue weighted by atomic mass is 35.5. The summed E-state index contributed by atoms with van der Waals surface area (Å²) in [5, 5.41) is 21.7. The number of benzene rings is 3. The molecule has 1 aliphatic heterocycles. The standard InChI is InChI=1S/C26H26ClNO5/c1-26(2,3)14-28-20-10-8-15(27)12-19(20)24(33-22(25(28)32)13-23(30)31)18-9-11-21(29)17-7-5-4-6-16(17)18/h4-12,22,24,29H,13-14H2,1-3H3,(H,30,31)/t22-,24-/m1/s1. The van der Waals surface area contributed by atoms with E-state index in [1.807, 2.05) is 39.0 Å². The third-order valence-corrected chi connectivity index (χ3v) is 5.85. The lowest BCUT2D eigenvalue weighted by atomic mass is 9.92. The van der Waals surface area contributed by atoms with Crippen molar-refractivity contribution in [2.24, 2.45) is 5.41 Å². The predicted molar refractivity (Wildman–Crippen MR) is 128 cm³/mol. The van der Waals surface area contributed by atoms with Gasteiger partial charge in [0, 0.05) is 28.2 Å². The number of phenolic OH excluding ortho intramolecular Hbond substituents is 1. The molecule has 2 N–H and O–H groups in total. The first-order valence-electron chi connectivity index (χ1n) is 10.7. The van der Waals surface area contributed by atoms with Crippen LogP contribution in [0.2, 0.25) is 5.02 Å².